The van der Waals surface area contributed by atoms with E-state index in [0.717, 1.165) is 21.1 Å². The Hall–Kier alpha value is -2.48. The first kappa shape index (κ1) is 18.5. The third kappa shape index (κ3) is 2.68. The van der Waals surface area contributed by atoms with Gasteiger partial charge in [-0.15, -0.1) is 11.3 Å². The van der Waals surface area contributed by atoms with Gasteiger partial charge < -0.3 is 0 Å². The molecule has 1 aliphatic carbocycles. The lowest BCUT2D eigenvalue weighted by atomic mass is 9.97. The molecule has 2 aliphatic rings. The SMILES string of the molecule is Cc1cnc2n1-c1sc3c(c1C(c1c(F)cccc1F)=N[C@H]2C)CC(C(F)F)C3. The van der Waals surface area contributed by atoms with Gasteiger partial charge in [0.1, 0.15) is 28.5 Å². The lowest BCUT2D eigenvalue weighted by Gasteiger charge is -2.13. The predicted molar refractivity (Wildman–Crippen MR) is 103 cm³/mol. The van der Waals surface area contributed by atoms with Gasteiger partial charge in [-0.05, 0) is 44.4 Å². The molecule has 3 nitrogen and oxygen atoms in total. The molecule has 0 N–H and O–H groups in total. The summed E-state index contributed by atoms with van der Waals surface area (Å²) < 4.78 is 58.2. The van der Waals surface area contributed by atoms with E-state index < -0.39 is 30.0 Å². The van der Waals surface area contributed by atoms with Crippen molar-refractivity contribution in [3.05, 3.63) is 69.1 Å². The molecule has 0 saturated carbocycles. The van der Waals surface area contributed by atoms with E-state index in [1.165, 1.54) is 29.5 Å². The molecule has 8 heteroatoms. The third-order valence-electron chi connectivity index (χ3n) is 5.64. The van der Waals surface area contributed by atoms with Crippen LogP contribution in [-0.2, 0) is 12.8 Å². The number of rotatable bonds is 2. The monoisotopic (exact) mass is 419 g/mol. The smallest absolute Gasteiger partial charge is 0.242 e. The highest BCUT2D eigenvalue weighted by Crippen LogP contribution is 2.45. The van der Waals surface area contributed by atoms with Gasteiger partial charge in [0.05, 0.1) is 11.3 Å². The number of hydrogen-bond donors (Lipinski definition) is 0. The molecule has 1 aromatic carbocycles. The van der Waals surface area contributed by atoms with E-state index in [0.29, 0.717) is 11.4 Å². The summed E-state index contributed by atoms with van der Waals surface area (Å²) in [6, 6.07) is 3.24. The van der Waals surface area contributed by atoms with Crippen molar-refractivity contribution in [3.8, 4) is 5.00 Å². The van der Waals surface area contributed by atoms with Crippen molar-refractivity contribution in [2.24, 2.45) is 10.9 Å². The number of aromatic nitrogens is 2. The van der Waals surface area contributed by atoms with E-state index in [1.54, 1.807) is 6.20 Å². The van der Waals surface area contributed by atoms with Gasteiger partial charge in [0.2, 0.25) is 6.43 Å². The number of fused-ring (bicyclic) bond motifs is 5. The van der Waals surface area contributed by atoms with Crippen LogP contribution in [-0.4, -0.2) is 21.7 Å². The van der Waals surface area contributed by atoms with Crippen LogP contribution in [0.5, 0.6) is 0 Å². The van der Waals surface area contributed by atoms with E-state index in [2.05, 4.69) is 9.98 Å². The van der Waals surface area contributed by atoms with Crippen molar-refractivity contribution >= 4 is 17.0 Å². The molecular weight excluding hydrogens is 402 g/mol. The molecule has 0 amide bonds. The highest BCUT2D eigenvalue weighted by Gasteiger charge is 2.38. The number of imidazole rings is 1. The van der Waals surface area contributed by atoms with Gasteiger partial charge in [-0.2, -0.15) is 0 Å². The lowest BCUT2D eigenvalue weighted by molar-refractivity contribution is 0.0826. The number of benzene rings is 1. The second kappa shape index (κ2) is 6.52. The van der Waals surface area contributed by atoms with Crippen molar-refractivity contribution in [1.29, 1.82) is 0 Å². The first-order valence-corrected chi connectivity index (χ1v) is 10.2. The van der Waals surface area contributed by atoms with E-state index in [4.69, 9.17) is 0 Å². The van der Waals surface area contributed by atoms with Crippen molar-refractivity contribution in [2.45, 2.75) is 39.2 Å². The molecular formula is C21H17F4N3S. The second-order valence-electron chi connectivity index (χ2n) is 7.53. The minimum atomic E-state index is -2.44. The Morgan fingerprint density at radius 3 is 2.55 bits per heavy atom. The zero-order valence-electron chi connectivity index (χ0n) is 15.7. The minimum absolute atomic E-state index is 0.172. The number of halogens is 4. The molecule has 3 heterocycles. The van der Waals surface area contributed by atoms with Gasteiger partial charge in [0.15, 0.2) is 0 Å². The molecule has 0 radical (unpaired) electrons. The topological polar surface area (TPSA) is 30.2 Å². The normalized spacial score (nSPS) is 20.3. The maximum absolute atomic E-state index is 14.7. The zero-order chi connectivity index (χ0) is 20.4. The zero-order valence-corrected chi connectivity index (χ0v) is 16.5. The fourth-order valence-electron chi connectivity index (χ4n) is 4.28. The Morgan fingerprint density at radius 1 is 1.14 bits per heavy atom. The van der Waals surface area contributed by atoms with E-state index in [1.807, 2.05) is 18.4 Å². The Balaban J connectivity index is 1.82. The number of aryl methyl sites for hydroxylation is 1. The Bertz CT molecular complexity index is 1140. The Kier molecular flexibility index (Phi) is 4.17. The minimum Gasteiger partial charge on any atom is -0.290 e. The van der Waals surface area contributed by atoms with Crippen molar-refractivity contribution in [1.82, 2.24) is 9.55 Å². The number of nitrogens with zero attached hydrogens (tertiary/aromatic N) is 3. The average molecular weight is 419 g/mol. The van der Waals surface area contributed by atoms with Gasteiger partial charge in [-0.1, -0.05) is 6.07 Å². The van der Waals surface area contributed by atoms with Crippen LogP contribution in [0.1, 0.15) is 46.1 Å². The molecule has 0 saturated heterocycles. The van der Waals surface area contributed by atoms with Gasteiger partial charge in [0, 0.05) is 28.2 Å². The quantitative estimate of drug-likeness (QED) is 0.511. The Labute approximate surface area is 168 Å². The summed E-state index contributed by atoms with van der Waals surface area (Å²) in [7, 11) is 0. The van der Waals surface area contributed by atoms with Crippen LogP contribution in [0.25, 0.3) is 5.00 Å². The van der Waals surface area contributed by atoms with Gasteiger partial charge in [0.25, 0.3) is 0 Å². The van der Waals surface area contributed by atoms with Crippen molar-refractivity contribution in [3.63, 3.8) is 0 Å². The highest BCUT2D eigenvalue weighted by atomic mass is 32.1. The molecule has 29 heavy (non-hydrogen) atoms. The predicted octanol–water partition coefficient (Wildman–Crippen LogP) is 5.41. The van der Waals surface area contributed by atoms with Crippen molar-refractivity contribution < 1.29 is 17.6 Å². The van der Waals surface area contributed by atoms with Crippen LogP contribution >= 0.6 is 11.3 Å². The molecule has 2 aromatic heterocycles. The fourth-order valence-corrected chi connectivity index (χ4v) is 5.77. The fraction of sp³-hybridized carbons (Fsp3) is 0.333. The molecule has 1 unspecified atom stereocenters. The van der Waals surface area contributed by atoms with Crippen LogP contribution in [0.15, 0.2) is 29.4 Å². The summed E-state index contributed by atoms with van der Waals surface area (Å²) in [6.07, 6.45) is -0.278. The van der Waals surface area contributed by atoms with Crippen LogP contribution in [0, 0.1) is 24.5 Å². The Morgan fingerprint density at radius 2 is 1.86 bits per heavy atom. The first-order chi connectivity index (χ1) is 13.9. The third-order valence-corrected chi connectivity index (χ3v) is 6.88. The van der Waals surface area contributed by atoms with Crippen LogP contribution < -0.4 is 0 Å². The van der Waals surface area contributed by atoms with Gasteiger partial charge in [-0.3, -0.25) is 9.56 Å². The molecule has 0 fully saturated rings. The van der Waals surface area contributed by atoms with Crippen LogP contribution in [0.3, 0.4) is 0 Å². The largest absolute Gasteiger partial charge is 0.290 e. The van der Waals surface area contributed by atoms with E-state index in [-0.39, 0.29) is 24.1 Å². The standard InChI is InChI=1S/C21H17F4N3S/c1-9-8-26-20-10(2)27-18(17-13(22)4-3-5-14(17)23)16-12-6-11(19(24)25)7-15(12)29-21(16)28(9)20/h3-5,8,10-11,19H,6-7H2,1-2H3/t10-,11?/m0/s1. The summed E-state index contributed by atoms with van der Waals surface area (Å²) in [5, 5.41) is 0.749. The van der Waals surface area contributed by atoms with Gasteiger partial charge in [-0.25, -0.2) is 22.5 Å². The maximum atomic E-state index is 14.7. The summed E-state index contributed by atoms with van der Waals surface area (Å²) in [4.78, 5) is 9.94. The molecule has 3 aromatic rings. The number of thiophene rings is 1. The molecule has 0 bridgehead atoms. The molecule has 1 aliphatic heterocycles. The summed E-state index contributed by atoms with van der Waals surface area (Å²) in [5.41, 5.74) is 2.11. The summed E-state index contributed by atoms with van der Waals surface area (Å²) in [5.74, 6) is -1.55. The van der Waals surface area contributed by atoms with E-state index in [9.17, 15) is 17.6 Å². The second-order valence-corrected chi connectivity index (χ2v) is 8.61. The van der Waals surface area contributed by atoms with Crippen LogP contribution in [0.2, 0.25) is 0 Å². The number of hydrogen-bond acceptors (Lipinski definition) is 3. The molecule has 0 spiro atoms. The average Bonchev–Trinajstić information content (AvgIpc) is 3.30. The first-order valence-electron chi connectivity index (χ1n) is 9.36. The summed E-state index contributed by atoms with van der Waals surface area (Å²) in [6.45, 7) is 3.71. The van der Waals surface area contributed by atoms with Crippen molar-refractivity contribution in [2.75, 3.05) is 0 Å². The number of alkyl halides is 2. The maximum Gasteiger partial charge on any atom is 0.242 e. The van der Waals surface area contributed by atoms with Crippen LogP contribution in [0.4, 0.5) is 17.6 Å². The molecule has 2 atom stereocenters. The van der Waals surface area contributed by atoms with Gasteiger partial charge >= 0.3 is 0 Å². The van der Waals surface area contributed by atoms with E-state index >= 15 is 0 Å². The summed E-state index contributed by atoms with van der Waals surface area (Å²) >= 11 is 1.40. The number of aliphatic imine (C=N–C) groups is 1. The molecule has 5 rings (SSSR count). The molecule has 150 valence electrons. The highest BCUT2D eigenvalue weighted by molar-refractivity contribution is 7.15. The lowest BCUT2D eigenvalue weighted by Crippen LogP contribution is -2.14.